The first kappa shape index (κ1) is 20.7. The fraction of sp³-hybridized carbons (Fsp3) is 0.391. The van der Waals surface area contributed by atoms with Gasteiger partial charge in [-0.1, -0.05) is 58.0 Å². The van der Waals surface area contributed by atoms with Gasteiger partial charge in [0.05, 0.1) is 0 Å². The maximum atomic E-state index is 12.4. The van der Waals surface area contributed by atoms with E-state index in [0.29, 0.717) is 18.4 Å². The number of benzene rings is 2. The van der Waals surface area contributed by atoms with Gasteiger partial charge in [0.2, 0.25) is 11.8 Å². The van der Waals surface area contributed by atoms with Gasteiger partial charge in [0.25, 0.3) is 0 Å². The summed E-state index contributed by atoms with van der Waals surface area (Å²) in [5.74, 6) is 0.606. The molecule has 0 saturated carbocycles. The monoisotopic (exact) mass is 366 g/mol. The van der Waals surface area contributed by atoms with Crippen LogP contribution in [-0.4, -0.2) is 18.4 Å². The highest BCUT2D eigenvalue weighted by Gasteiger charge is 2.18. The summed E-state index contributed by atoms with van der Waals surface area (Å²) < 4.78 is 0. The zero-order valence-corrected chi connectivity index (χ0v) is 17.0. The summed E-state index contributed by atoms with van der Waals surface area (Å²) in [6.45, 7) is 10.4. The molecule has 0 saturated heterocycles. The van der Waals surface area contributed by atoms with Crippen LogP contribution >= 0.6 is 0 Å². The Balaban J connectivity index is 2.04. The number of rotatable bonds is 7. The molecule has 0 aromatic heterocycles. The van der Waals surface area contributed by atoms with Crippen LogP contribution in [0.1, 0.15) is 64.0 Å². The van der Waals surface area contributed by atoms with E-state index in [-0.39, 0.29) is 18.2 Å². The number of nitrogens with zero attached hydrogens (tertiary/aromatic N) is 1. The van der Waals surface area contributed by atoms with Gasteiger partial charge in [0.1, 0.15) is 0 Å². The van der Waals surface area contributed by atoms with Gasteiger partial charge in [-0.3, -0.25) is 9.59 Å². The van der Waals surface area contributed by atoms with Gasteiger partial charge in [-0.25, -0.2) is 0 Å². The first-order valence-corrected chi connectivity index (χ1v) is 9.56. The lowest BCUT2D eigenvalue weighted by Crippen LogP contribution is -2.32. The zero-order valence-electron chi connectivity index (χ0n) is 17.0. The minimum atomic E-state index is -0.0967. The molecule has 2 amide bonds. The summed E-state index contributed by atoms with van der Waals surface area (Å²) in [5, 5.41) is 2.91. The van der Waals surface area contributed by atoms with Crippen LogP contribution in [0.3, 0.4) is 0 Å². The van der Waals surface area contributed by atoms with E-state index >= 15 is 0 Å². The minimum absolute atomic E-state index is 0.0582. The van der Waals surface area contributed by atoms with Crippen molar-refractivity contribution in [3.63, 3.8) is 0 Å². The molecule has 0 aliphatic carbocycles. The summed E-state index contributed by atoms with van der Waals surface area (Å²) in [4.78, 5) is 26.2. The number of para-hydroxylation sites is 1. The van der Waals surface area contributed by atoms with Crippen molar-refractivity contribution in [2.24, 2.45) is 0 Å². The second-order valence-electron chi connectivity index (χ2n) is 7.46. The van der Waals surface area contributed by atoms with Crippen molar-refractivity contribution >= 4 is 23.2 Å². The topological polar surface area (TPSA) is 49.4 Å². The molecule has 1 N–H and O–H groups in total. The van der Waals surface area contributed by atoms with Gasteiger partial charge in [0, 0.05) is 31.3 Å². The third-order valence-electron chi connectivity index (χ3n) is 4.65. The van der Waals surface area contributed by atoms with E-state index in [0.717, 1.165) is 16.9 Å². The summed E-state index contributed by atoms with van der Waals surface area (Å²) in [7, 11) is 0. The van der Waals surface area contributed by atoms with E-state index in [1.165, 1.54) is 5.56 Å². The van der Waals surface area contributed by atoms with Crippen molar-refractivity contribution in [1.29, 1.82) is 0 Å². The Hall–Kier alpha value is -2.62. The first-order valence-electron chi connectivity index (χ1n) is 9.56. The predicted molar refractivity (Wildman–Crippen MR) is 112 cm³/mol. The number of carbonyl (C=O) groups is 2. The van der Waals surface area contributed by atoms with Crippen LogP contribution in [0.25, 0.3) is 0 Å². The lowest BCUT2D eigenvalue weighted by Gasteiger charge is -2.25. The Morgan fingerprint density at radius 2 is 1.56 bits per heavy atom. The number of hydrogen-bond donors (Lipinski definition) is 1. The minimum Gasteiger partial charge on any atom is -0.326 e. The molecule has 2 aromatic carbocycles. The lowest BCUT2D eigenvalue weighted by atomic mass is 10.0. The van der Waals surface area contributed by atoms with Crippen molar-refractivity contribution in [3.05, 3.63) is 59.7 Å². The van der Waals surface area contributed by atoms with Crippen LogP contribution in [0.4, 0.5) is 11.4 Å². The first-order chi connectivity index (χ1) is 12.8. The lowest BCUT2D eigenvalue weighted by molar-refractivity contribution is -0.117. The number of nitrogens with one attached hydrogen (secondary N) is 1. The van der Waals surface area contributed by atoms with Gasteiger partial charge in [-0.15, -0.1) is 0 Å². The average Bonchev–Trinajstić information content (AvgIpc) is 2.62. The quantitative estimate of drug-likeness (QED) is 0.721. The summed E-state index contributed by atoms with van der Waals surface area (Å²) in [6.07, 6.45) is 0.248. The number of anilines is 2. The highest BCUT2D eigenvalue weighted by Crippen LogP contribution is 2.27. The molecular formula is C23H30N2O2. The molecule has 2 rings (SSSR count). The fourth-order valence-corrected chi connectivity index (χ4v) is 3.06. The van der Waals surface area contributed by atoms with E-state index in [1.54, 1.807) is 11.8 Å². The summed E-state index contributed by atoms with van der Waals surface area (Å²) in [5.41, 5.74) is 4.01. The van der Waals surface area contributed by atoms with Crippen LogP contribution in [-0.2, 0) is 9.59 Å². The molecule has 2 aromatic rings. The molecule has 0 aliphatic rings. The number of amides is 2. The molecule has 0 bridgehead atoms. The molecule has 0 fully saturated rings. The fourth-order valence-electron chi connectivity index (χ4n) is 3.06. The second-order valence-corrected chi connectivity index (χ2v) is 7.46. The largest absolute Gasteiger partial charge is 0.326 e. The van der Waals surface area contributed by atoms with Gasteiger partial charge < -0.3 is 10.2 Å². The maximum absolute atomic E-state index is 12.4. The third-order valence-corrected chi connectivity index (χ3v) is 4.65. The normalized spacial score (nSPS) is 10.9. The van der Waals surface area contributed by atoms with E-state index in [1.807, 2.05) is 48.5 Å². The summed E-state index contributed by atoms with van der Waals surface area (Å²) in [6, 6.07) is 15.8. The summed E-state index contributed by atoms with van der Waals surface area (Å²) >= 11 is 0. The molecule has 4 nitrogen and oxygen atoms in total. The van der Waals surface area contributed by atoms with Crippen molar-refractivity contribution in [2.75, 3.05) is 16.8 Å². The molecule has 27 heavy (non-hydrogen) atoms. The van der Waals surface area contributed by atoms with Crippen molar-refractivity contribution in [1.82, 2.24) is 0 Å². The van der Waals surface area contributed by atoms with Gasteiger partial charge in [-0.05, 0) is 41.2 Å². The van der Waals surface area contributed by atoms with Crippen molar-refractivity contribution in [3.8, 4) is 0 Å². The smallest absolute Gasteiger partial charge is 0.226 e. The molecule has 0 heterocycles. The molecule has 4 heteroatoms. The van der Waals surface area contributed by atoms with Crippen molar-refractivity contribution < 1.29 is 9.59 Å². The Morgan fingerprint density at radius 3 is 2.11 bits per heavy atom. The van der Waals surface area contributed by atoms with E-state index in [4.69, 9.17) is 0 Å². The number of hydrogen-bond acceptors (Lipinski definition) is 2. The third kappa shape index (κ3) is 5.68. The van der Waals surface area contributed by atoms with Crippen LogP contribution in [0, 0.1) is 0 Å². The van der Waals surface area contributed by atoms with Crippen LogP contribution < -0.4 is 10.2 Å². The molecule has 0 atom stereocenters. The van der Waals surface area contributed by atoms with Crippen LogP contribution in [0.5, 0.6) is 0 Å². The predicted octanol–water partition coefficient (Wildman–Crippen LogP) is 5.32. The molecule has 0 aliphatic heterocycles. The Morgan fingerprint density at radius 1 is 0.926 bits per heavy atom. The Kier molecular flexibility index (Phi) is 7.17. The van der Waals surface area contributed by atoms with E-state index < -0.39 is 0 Å². The SMILES string of the molecule is CC(=O)N(CCC(=O)Nc1ccc(C(C)C)cc1)c1ccccc1C(C)C. The molecule has 0 radical (unpaired) electrons. The molecular weight excluding hydrogens is 336 g/mol. The highest BCUT2D eigenvalue weighted by molar-refractivity contribution is 5.95. The van der Waals surface area contributed by atoms with E-state index in [2.05, 4.69) is 33.0 Å². The van der Waals surface area contributed by atoms with Crippen LogP contribution in [0.2, 0.25) is 0 Å². The highest BCUT2D eigenvalue weighted by atomic mass is 16.2. The molecule has 0 spiro atoms. The van der Waals surface area contributed by atoms with Crippen LogP contribution in [0.15, 0.2) is 48.5 Å². The standard InChI is InChI=1S/C23H30N2O2/c1-16(2)19-10-12-20(13-11-19)24-23(27)14-15-25(18(5)26)22-9-7-6-8-21(22)17(3)4/h6-13,16-17H,14-15H2,1-5H3,(H,24,27). The average molecular weight is 367 g/mol. The Labute approximate surface area is 162 Å². The zero-order chi connectivity index (χ0) is 20.0. The number of carbonyl (C=O) groups excluding carboxylic acids is 2. The molecule has 0 unspecified atom stereocenters. The van der Waals surface area contributed by atoms with Gasteiger partial charge >= 0.3 is 0 Å². The van der Waals surface area contributed by atoms with Crippen molar-refractivity contribution in [2.45, 2.75) is 52.9 Å². The Bertz CT molecular complexity index is 779. The molecule has 144 valence electrons. The van der Waals surface area contributed by atoms with E-state index in [9.17, 15) is 9.59 Å². The van der Waals surface area contributed by atoms with Gasteiger partial charge in [0.15, 0.2) is 0 Å². The maximum Gasteiger partial charge on any atom is 0.226 e. The second kappa shape index (κ2) is 9.36. The van der Waals surface area contributed by atoms with Gasteiger partial charge in [-0.2, -0.15) is 0 Å².